The predicted molar refractivity (Wildman–Crippen MR) is 113 cm³/mol. The van der Waals surface area contributed by atoms with Gasteiger partial charge in [-0.15, -0.1) is 0 Å². The number of nitrogens with zero attached hydrogens (tertiary/aromatic N) is 1. The number of guanidine groups is 1. The molecule has 7 nitrogen and oxygen atoms in total. The topological polar surface area (TPSA) is 81.2 Å². The van der Waals surface area contributed by atoms with Crippen molar-refractivity contribution in [3.8, 4) is 11.5 Å². The second-order valence-electron chi connectivity index (χ2n) is 7.78. The number of rotatable bonds is 6. The highest BCUT2D eigenvalue weighted by Crippen LogP contribution is 2.35. The smallest absolute Gasteiger partial charge is 0.308 e. The molecule has 7 heteroatoms. The molecule has 1 unspecified atom stereocenters. The molecule has 0 aromatic heterocycles. The molecule has 1 atom stereocenters. The average molecular weight is 404 g/mol. The summed E-state index contributed by atoms with van der Waals surface area (Å²) in [6, 6.07) is 4.43. The quantitative estimate of drug-likeness (QED) is 0.432. The molecule has 1 heterocycles. The minimum Gasteiger partial charge on any atom is -0.496 e. The molecule has 1 aromatic rings. The fourth-order valence-corrected chi connectivity index (χ4v) is 4.11. The summed E-state index contributed by atoms with van der Waals surface area (Å²) >= 11 is 0. The van der Waals surface area contributed by atoms with E-state index < -0.39 is 0 Å². The van der Waals surface area contributed by atoms with Crippen molar-refractivity contribution in [1.82, 2.24) is 10.6 Å². The molecule has 0 radical (unpaired) electrons. The third kappa shape index (κ3) is 5.34. The van der Waals surface area contributed by atoms with Crippen LogP contribution < -0.4 is 20.1 Å². The van der Waals surface area contributed by atoms with Crippen molar-refractivity contribution in [2.75, 3.05) is 20.8 Å². The van der Waals surface area contributed by atoms with Crippen LogP contribution in [0.2, 0.25) is 0 Å². The summed E-state index contributed by atoms with van der Waals surface area (Å²) in [6.07, 6.45) is 4.67. The number of esters is 1. The van der Waals surface area contributed by atoms with E-state index in [0.29, 0.717) is 19.2 Å². The summed E-state index contributed by atoms with van der Waals surface area (Å²) in [5, 5.41) is 6.86. The summed E-state index contributed by atoms with van der Waals surface area (Å²) in [4.78, 5) is 16.3. The zero-order valence-corrected chi connectivity index (χ0v) is 17.9. The Hall–Kier alpha value is -2.44. The zero-order chi connectivity index (χ0) is 20.8. The normalized spacial score (nSPS) is 23.7. The van der Waals surface area contributed by atoms with E-state index in [2.05, 4.69) is 34.7 Å². The van der Waals surface area contributed by atoms with E-state index >= 15 is 0 Å². The lowest BCUT2D eigenvalue weighted by atomic mass is 9.86. The van der Waals surface area contributed by atoms with Gasteiger partial charge in [0, 0.05) is 37.2 Å². The third-order valence-corrected chi connectivity index (χ3v) is 5.66. The SMILES string of the molecule is CCOC(=O)C1CCC(NC(=NC)NCc2cc3c(cc2OC)CC(C)O3)CC1. The molecule has 3 rings (SSSR count). The molecular weight excluding hydrogens is 370 g/mol. The Morgan fingerprint density at radius 2 is 2.03 bits per heavy atom. The third-order valence-electron chi connectivity index (χ3n) is 5.66. The molecule has 160 valence electrons. The van der Waals surface area contributed by atoms with Crippen molar-refractivity contribution in [1.29, 1.82) is 0 Å². The van der Waals surface area contributed by atoms with Gasteiger partial charge >= 0.3 is 5.97 Å². The summed E-state index contributed by atoms with van der Waals surface area (Å²) in [7, 11) is 3.46. The lowest BCUT2D eigenvalue weighted by Crippen LogP contribution is -2.45. The first-order chi connectivity index (χ1) is 14.0. The van der Waals surface area contributed by atoms with Gasteiger partial charge in [-0.25, -0.2) is 0 Å². The Morgan fingerprint density at radius 1 is 1.28 bits per heavy atom. The summed E-state index contributed by atoms with van der Waals surface area (Å²) < 4.78 is 16.6. The lowest BCUT2D eigenvalue weighted by molar-refractivity contribution is -0.149. The standard InChI is InChI=1S/C22H33N3O4/c1-5-28-21(26)15-6-8-18(9-7-15)25-22(23-3)24-13-17-12-20-16(10-14(2)29-20)11-19(17)27-4/h11-12,14-15,18H,5-10,13H2,1-4H3,(H2,23,24,25). The van der Waals surface area contributed by atoms with Crippen LogP contribution in [0, 0.1) is 5.92 Å². The first-order valence-corrected chi connectivity index (χ1v) is 10.5. The van der Waals surface area contributed by atoms with Gasteiger partial charge in [-0.1, -0.05) is 0 Å². The van der Waals surface area contributed by atoms with Gasteiger partial charge in [0.25, 0.3) is 0 Å². The molecule has 29 heavy (non-hydrogen) atoms. The monoisotopic (exact) mass is 403 g/mol. The van der Waals surface area contributed by atoms with Crippen LogP contribution in [0.3, 0.4) is 0 Å². The highest BCUT2D eigenvalue weighted by atomic mass is 16.5. The first kappa shape index (κ1) is 21.3. The maximum Gasteiger partial charge on any atom is 0.308 e. The second kappa shape index (κ2) is 9.85. The maximum absolute atomic E-state index is 11.9. The van der Waals surface area contributed by atoms with Crippen molar-refractivity contribution in [3.63, 3.8) is 0 Å². The van der Waals surface area contributed by atoms with Gasteiger partial charge in [0.05, 0.1) is 19.6 Å². The fraction of sp³-hybridized carbons (Fsp3) is 0.636. The van der Waals surface area contributed by atoms with Crippen LogP contribution >= 0.6 is 0 Å². The number of methoxy groups -OCH3 is 1. The Labute approximate surface area is 173 Å². The van der Waals surface area contributed by atoms with E-state index in [1.165, 1.54) is 5.56 Å². The molecule has 1 aliphatic heterocycles. The fourth-order valence-electron chi connectivity index (χ4n) is 4.11. The van der Waals surface area contributed by atoms with Crippen molar-refractivity contribution in [2.24, 2.45) is 10.9 Å². The van der Waals surface area contributed by atoms with E-state index in [1.807, 2.05) is 6.92 Å². The molecule has 1 aromatic carbocycles. The van der Waals surface area contributed by atoms with Crippen LogP contribution in [-0.2, 0) is 22.5 Å². The average Bonchev–Trinajstić information content (AvgIpc) is 3.09. The first-order valence-electron chi connectivity index (χ1n) is 10.5. The maximum atomic E-state index is 11.9. The van der Waals surface area contributed by atoms with Crippen molar-refractivity contribution in [2.45, 2.75) is 64.6 Å². The van der Waals surface area contributed by atoms with Crippen molar-refractivity contribution < 1.29 is 19.0 Å². The van der Waals surface area contributed by atoms with Crippen LogP contribution in [0.4, 0.5) is 0 Å². The molecule has 2 aliphatic rings. The summed E-state index contributed by atoms with van der Waals surface area (Å²) in [6.45, 7) is 4.96. The molecule has 0 amide bonds. The molecule has 0 spiro atoms. The van der Waals surface area contributed by atoms with E-state index in [4.69, 9.17) is 14.2 Å². The number of carbonyl (C=O) groups excluding carboxylic acids is 1. The van der Waals surface area contributed by atoms with Gasteiger partial charge in [-0.05, 0) is 51.7 Å². The predicted octanol–water partition coefficient (Wildman–Crippen LogP) is 2.81. The number of aliphatic imine (C=N–C) groups is 1. The van der Waals surface area contributed by atoms with Crippen LogP contribution in [0.5, 0.6) is 11.5 Å². The Balaban J connectivity index is 1.53. The number of benzene rings is 1. The number of hydrogen-bond acceptors (Lipinski definition) is 5. The van der Waals surface area contributed by atoms with E-state index in [0.717, 1.165) is 55.1 Å². The Bertz CT molecular complexity index is 742. The van der Waals surface area contributed by atoms with Crippen molar-refractivity contribution >= 4 is 11.9 Å². The van der Waals surface area contributed by atoms with Gasteiger partial charge in [0.15, 0.2) is 5.96 Å². The zero-order valence-electron chi connectivity index (χ0n) is 17.9. The summed E-state index contributed by atoms with van der Waals surface area (Å²) in [5.74, 6) is 2.52. The van der Waals surface area contributed by atoms with Crippen LogP contribution in [0.25, 0.3) is 0 Å². The molecule has 1 aliphatic carbocycles. The second-order valence-corrected chi connectivity index (χ2v) is 7.78. The van der Waals surface area contributed by atoms with E-state index in [-0.39, 0.29) is 18.0 Å². The van der Waals surface area contributed by atoms with Crippen molar-refractivity contribution in [3.05, 3.63) is 23.3 Å². The van der Waals surface area contributed by atoms with E-state index in [1.54, 1.807) is 14.2 Å². The van der Waals surface area contributed by atoms with Crippen LogP contribution in [-0.4, -0.2) is 44.8 Å². The minimum absolute atomic E-state index is 0.0287. The molecule has 2 N–H and O–H groups in total. The molecule has 1 fully saturated rings. The van der Waals surface area contributed by atoms with Gasteiger partial charge in [0.1, 0.15) is 17.6 Å². The van der Waals surface area contributed by atoms with Gasteiger partial charge in [-0.2, -0.15) is 0 Å². The number of nitrogens with one attached hydrogen (secondary N) is 2. The van der Waals surface area contributed by atoms with Gasteiger partial charge < -0.3 is 24.8 Å². The molecule has 0 bridgehead atoms. The summed E-state index contributed by atoms with van der Waals surface area (Å²) in [5.41, 5.74) is 2.23. The minimum atomic E-state index is -0.0614. The molecule has 1 saturated carbocycles. The van der Waals surface area contributed by atoms with E-state index in [9.17, 15) is 4.79 Å². The molecule has 0 saturated heterocycles. The number of fused-ring (bicyclic) bond motifs is 1. The Kier molecular flexibility index (Phi) is 7.23. The lowest BCUT2D eigenvalue weighted by Gasteiger charge is -2.29. The van der Waals surface area contributed by atoms with Crippen LogP contribution in [0.1, 0.15) is 50.7 Å². The number of carbonyl (C=O) groups is 1. The highest BCUT2D eigenvalue weighted by Gasteiger charge is 2.27. The largest absolute Gasteiger partial charge is 0.496 e. The van der Waals surface area contributed by atoms with Gasteiger partial charge in [0.2, 0.25) is 0 Å². The van der Waals surface area contributed by atoms with Gasteiger partial charge in [-0.3, -0.25) is 9.79 Å². The molecular formula is C22H33N3O4. The Morgan fingerprint density at radius 3 is 2.69 bits per heavy atom. The highest BCUT2D eigenvalue weighted by molar-refractivity contribution is 5.80. The number of ether oxygens (including phenoxy) is 3. The van der Waals surface area contributed by atoms with Crippen LogP contribution in [0.15, 0.2) is 17.1 Å². The number of hydrogen-bond donors (Lipinski definition) is 2.